The maximum absolute atomic E-state index is 13.7. The Labute approximate surface area is 206 Å². The smallest absolute Gasteiger partial charge is 0.329 e. The van der Waals surface area contributed by atoms with Gasteiger partial charge in [-0.2, -0.15) is 0 Å². The molecule has 172 valence electrons. The maximum Gasteiger partial charge on any atom is 0.329 e. The molecule has 5 rings (SSSR count). The fraction of sp³-hybridized carbons (Fsp3) is 0.192. The molecule has 6 nitrogen and oxygen atoms in total. The average Bonchev–Trinajstić information content (AvgIpc) is 3.26. The number of fused-ring (bicyclic) bond motifs is 1. The van der Waals surface area contributed by atoms with Gasteiger partial charge in [-0.25, -0.2) is 9.69 Å². The summed E-state index contributed by atoms with van der Waals surface area (Å²) < 4.78 is 5.62. The summed E-state index contributed by atoms with van der Waals surface area (Å²) in [6.45, 7) is 0. The third kappa shape index (κ3) is 3.78. The summed E-state index contributed by atoms with van der Waals surface area (Å²) in [5.41, 5.74) is 1.16. The minimum Gasteiger partial charge on any atom is -0.425 e. The number of hydrogen-bond acceptors (Lipinski definition) is 5. The summed E-state index contributed by atoms with van der Waals surface area (Å²) in [5, 5.41) is 0.994. The van der Waals surface area contributed by atoms with Crippen molar-refractivity contribution in [3.05, 3.63) is 94.5 Å². The Morgan fingerprint density at radius 2 is 1.50 bits per heavy atom. The number of carbonyl (C=O) groups excluding carboxylic acids is 3. The van der Waals surface area contributed by atoms with Crippen molar-refractivity contribution in [1.82, 2.24) is 4.90 Å². The van der Waals surface area contributed by atoms with Crippen molar-refractivity contribution in [1.29, 1.82) is 0 Å². The second-order valence-electron chi connectivity index (χ2n) is 8.38. The quantitative estimate of drug-likeness (QED) is 0.297. The van der Waals surface area contributed by atoms with Crippen molar-refractivity contribution in [2.24, 2.45) is 11.8 Å². The van der Waals surface area contributed by atoms with Gasteiger partial charge < -0.3 is 4.74 Å². The Morgan fingerprint density at radius 3 is 2.18 bits per heavy atom. The molecule has 0 N–H and O–H groups in total. The molecular formula is C26H20Cl2N2O4. The molecule has 2 saturated heterocycles. The Bertz CT molecular complexity index is 1270. The Kier molecular flexibility index (Phi) is 5.90. The number of ether oxygens (including phenoxy) is 1. The van der Waals surface area contributed by atoms with E-state index >= 15 is 0 Å². The number of nitrogens with zero attached hydrogens (tertiary/aromatic N) is 2. The van der Waals surface area contributed by atoms with E-state index in [2.05, 4.69) is 0 Å². The number of anilines is 1. The molecule has 0 aromatic heterocycles. The molecule has 3 aromatic carbocycles. The normalized spacial score (nSPS) is 24.4. The van der Waals surface area contributed by atoms with Crippen LogP contribution >= 0.6 is 23.2 Å². The standard InChI is InChI=1S/C26H20Cl2N2O4/c1-29-22(15-6-5-7-17(28)14-15)20-21(23(29)26(33)34-19-8-3-2-4-9-19)25(32)30(24(20)31)18-12-10-16(27)11-13-18/h2-14,20-23H,1H3/t20-,21+,22+,23-/m0/s1. The zero-order valence-corrected chi connectivity index (χ0v) is 19.6. The van der Waals surface area contributed by atoms with Gasteiger partial charge in [0.15, 0.2) is 0 Å². The SMILES string of the molecule is CN1[C@H](C(=O)Oc2ccccc2)[C@@H]2C(=O)N(c3ccc(Cl)cc3)C(=O)[C@@H]2[C@H]1c1cccc(Cl)c1. The van der Waals surface area contributed by atoms with Crippen LogP contribution in [0.4, 0.5) is 5.69 Å². The molecule has 2 fully saturated rings. The lowest BCUT2D eigenvalue weighted by Gasteiger charge is -2.29. The average molecular weight is 495 g/mol. The van der Waals surface area contributed by atoms with Gasteiger partial charge in [0.2, 0.25) is 11.8 Å². The highest BCUT2D eigenvalue weighted by Crippen LogP contribution is 2.50. The lowest BCUT2D eigenvalue weighted by atomic mass is 9.86. The molecule has 2 heterocycles. The summed E-state index contributed by atoms with van der Waals surface area (Å²) in [6.07, 6.45) is 0. The van der Waals surface area contributed by atoms with Gasteiger partial charge in [-0.05, 0) is 61.1 Å². The Balaban J connectivity index is 1.57. The molecular weight excluding hydrogens is 475 g/mol. The molecule has 0 saturated carbocycles. The third-order valence-electron chi connectivity index (χ3n) is 6.43. The van der Waals surface area contributed by atoms with E-state index in [0.717, 1.165) is 10.5 Å². The number of benzene rings is 3. The van der Waals surface area contributed by atoms with Crippen molar-refractivity contribution in [3.63, 3.8) is 0 Å². The zero-order chi connectivity index (χ0) is 24.0. The predicted octanol–water partition coefficient (Wildman–Crippen LogP) is 4.76. The molecule has 0 spiro atoms. The monoisotopic (exact) mass is 494 g/mol. The molecule has 0 aliphatic carbocycles. The number of hydrogen-bond donors (Lipinski definition) is 0. The molecule has 2 aliphatic heterocycles. The fourth-order valence-electron chi connectivity index (χ4n) is 5.01. The number of halogens is 2. The number of likely N-dealkylation sites (N-methyl/N-ethyl adjacent to an activating group) is 1. The van der Waals surface area contributed by atoms with E-state index in [-0.39, 0.29) is 5.91 Å². The number of rotatable bonds is 4. The number of likely N-dealkylation sites (tertiary alicyclic amines) is 1. The number of esters is 1. The lowest BCUT2D eigenvalue weighted by Crippen LogP contribution is -2.45. The van der Waals surface area contributed by atoms with Gasteiger partial charge in [-0.3, -0.25) is 14.5 Å². The van der Waals surface area contributed by atoms with Crippen LogP contribution in [0, 0.1) is 11.8 Å². The topological polar surface area (TPSA) is 66.9 Å². The number of imide groups is 1. The molecule has 4 atom stereocenters. The summed E-state index contributed by atoms with van der Waals surface area (Å²) in [7, 11) is 1.73. The van der Waals surface area contributed by atoms with Crippen molar-refractivity contribution >= 4 is 46.7 Å². The van der Waals surface area contributed by atoms with Crippen LogP contribution in [0.5, 0.6) is 5.75 Å². The van der Waals surface area contributed by atoms with Crippen LogP contribution in [0.1, 0.15) is 11.6 Å². The molecule has 2 aliphatic rings. The third-order valence-corrected chi connectivity index (χ3v) is 6.92. The van der Waals surface area contributed by atoms with Gasteiger partial charge in [0, 0.05) is 16.1 Å². The van der Waals surface area contributed by atoms with E-state index in [0.29, 0.717) is 21.5 Å². The highest BCUT2D eigenvalue weighted by atomic mass is 35.5. The van der Waals surface area contributed by atoms with Crippen LogP contribution in [-0.4, -0.2) is 35.8 Å². The van der Waals surface area contributed by atoms with Crippen LogP contribution in [-0.2, 0) is 14.4 Å². The Morgan fingerprint density at radius 1 is 0.824 bits per heavy atom. The fourth-order valence-corrected chi connectivity index (χ4v) is 5.34. The van der Waals surface area contributed by atoms with E-state index in [1.165, 1.54) is 0 Å². The number of amides is 2. The molecule has 0 radical (unpaired) electrons. The Hall–Kier alpha value is -3.19. The summed E-state index contributed by atoms with van der Waals surface area (Å²) in [6, 6.07) is 20.8. The lowest BCUT2D eigenvalue weighted by molar-refractivity contribution is -0.143. The van der Waals surface area contributed by atoms with Gasteiger partial charge in [0.1, 0.15) is 11.8 Å². The van der Waals surface area contributed by atoms with Crippen LogP contribution < -0.4 is 9.64 Å². The van der Waals surface area contributed by atoms with Crippen LogP contribution in [0.2, 0.25) is 10.0 Å². The van der Waals surface area contributed by atoms with E-state index in [1.54, 1.807) is 78.7 Å². The van der Waals surface area contributed by atoms with Gasteiger partial charge in [-0.1, -0.05) is 53.5 Å². The second kappa shape index (κ2) is 8.87. The van der Waals surface area contributed by atoms with Crippen molar-refractivity contribution in [2.45, 2.75) is 12.1 Å². The first kappa shape index (κ1) is 22.6. The van der Waals surface area contributed by atoms with Crippen LogP contribution in [0.15, 0.2) is 78.9 Å². The van der Waals surface area contributed by atoms with Crippen LogP contribution in [0.3, 0.4) is 0 Å². The van der Waals surface area contributed by atoms with Gasteiger partial charge >= 0.3 is 5.97 Å². The summed E-state index contributed by atoms with van der Waals surface area (Å²) >= 11 is 12.2. The zero-order valence-electron chi connectivity index (χ0n) is 18.1. The van der Waals surface area contributed by atoms with Crippen LogP contribution in [0.25, 0.3) is 0 Å². The van der Waals surface area contributed by atoms with Crippen molar-refractivity contribution in [3.8, 4) is 5.75 Å². The highest BCUT2D eigenvalue weighted by molar-refractivity contribution is 6.31. The number of carbonyl (C=O) groups is 3. The molecule has 34 heavy (non-hydrogen) atoms. The van der Waals surface area contributed by atoms with Gasteiger partial charge in [-0.15, -0.1) is 0 Å². The minimum absolute atomic E-state index is 0.370. The van der Waals surface area contributed by atoms with E-state index in [9.17, 15) is 14.4 Å². The van der Waals surface area contributed by atoms with Crippen molar-refractivity contribution < 1.29 is 19.1 Å². The highest BCUT2D eigenvalue weighted by Gasteiger charge is 2.64. The second-order valence-corrected chi connectivity index (χ2v) is 9.26. The minimum atomic E-state index is -0.956. The largest absolute Gasteiger partial charge is 0.425 e. The maximum atomic E-state index is 13.7. The molecule has 2 amide bonds. The first-order valence-corrected chi connectivity index (χ1v) is 11.5. The first-order chi connectivity index (χ1) is 16.4. The summed E-state index contributed by atoms with van der Waals surface area (Å²) in [5.74, 6) is -2.72. The molecule has 3 aromatic rings. The molecule has 8 heteroatoms. The van der Waals surface area contributed by atoms with E-state index in [4.69, 9.17) is 27.9 Å². The van der Waals surface area contributed by atoms with Gasteiger partial charge in [0.25, 0.3) is 0 Å². The number of para-hydroxylation sites is 1. The van der Waals surface area contributed by atoms with Crippen molar-refractivity contribution in [2.75, 3.05) is 11.9 Å². The molecule has 0 unspecified atom stereocenters. The first-order valence-electron chi connectivity index (χ1n) is 10.7. The van der Waals surface area contributed by atoms with E-state index < -0.39 is 35.8 Å². The predicted molar refractivity (Wildman–Crippen MR) is 129 cm³/mol. The van der Waals surface area contributed by atoms with E-state index in [1.807, 2.05) is 12.1 Å². The summed E-state index contributed by atoms with van der Waals surface area (Å²) in [4.78, 5) is 43.6. The molecule has 0 bridgehead atoms. The van der Waals surface area contributed by atoms with Gasteiger partial charge in [0.05, 0.1) is 17.5 Å².